The smallest absolute Gasteiger partial charge is 0.307 e. The molecule has 1 aromatic heterocycles. The van der Waals surface area contributed by atoms with Crippen LogP contribution in [0, 0.1) is 5.92 Å². The second-order valence-electron chi connectivity index (χ2n) is 3.22. The molecule has 4 nitrogen and oxygen atoms in total. The van der Waals surface area contributed by atoms with Gasteiger partial charge in [0.25, 0.3) is 0 Å². The quantitative estimate of drug-likeness (QED) is 0.700. The molecule has 1 saturated carbocycles. The van der Waals surface area contributed by atoms with Gasteiger partial charge in [-0.15, -0.1) is 0 Å². The van der Waals surface area contributed by atoms with Crippen molar-refractivity contribution in [1.82, 2.24) is 9.55 Å². The Morgan fingerprint density at radius 1 is 1.83 bits per heavy atom. The molecule has 2 rings (SSSR count). The van der Waals surface area contributed by atoms with Crippen LogP contribution in [0.5, 0.6) is 0 Å². The summed E-state index contributed by atoms with van der Waals surface area (Å²) in [6, 6.07) is 0. The number of aliphatic carboxylic acids is 1. The van der Waals surface area contributed by atoms with Crippen molar-refractivity contribution >= 4 is 5.97 Å². The van der Waals surface area contributed by atoms with Crippen molar-refractivity contribution in [2.75, 3.05) is 0 Å². The summed E-state index contributed by atoms with van der Waals surface area (Å²) < 4.78 is 1.88. The monoisotopic (exact) mass is 166 g/mol. The van der Waals surface area contributed by atoms with Crippen molar-refractivity contribution in [3.8, 4) is 0 Å². The zero-order valence-corrected chi connectivity index (χ0v) is 6.77. The number of aromatic nitrogens is 2. The molecule has 4 heteroatoms. The third-order valence-corrected chi connectivity index (χ3v) is 2.34. The van der Waals surface area contributed by atoms with Gasteiger partial charge in [0.1, 0.15) is 0 Å². The molecule has 2 unspecified atom stereocenters. The van der Waals surface area contributed by atoms with Gasteiger partial charge in [-0.3, -0.25) is 4.79 Å². The number of imidazole rings is 1. The van der Waals surface area contributed by atoms with Crippen LogP contribution < -0.4 is 0 Å². The van der Waals surface area contributed by atoms with Gasteiger partial charge in [-0.25, -0.2) is 4.98 Å². The van der Waals surface area contributed by atoms with E-state index in [0.717, 1.165) is 12.1 Å². The maximum absolute atomic E-state index is 10.5. The fourth-order valence-corrected chi connectivity index (χ4v) is 1.52. The fourth-order valence-electron chi connectivity index (χ4n) is 1.52. The number of rotatable bonds is 2. The predicted octanol–water partition coefficient (Wildman–Crippen LogP) is 0.608. The first-order valence-corrected chi connectivity index (χ1v) is 3.89. The van der Waals surface area contributed by atoms with Crippen LogP contribution in [-0.2, 0) is 11.8 Å². The first-order valence-electron chi connectivity index (χ1n) is 3.89. The molecular weight excluding hydrogens is 156 g/mol. The van der Waals surface area contributed by atoms with E-state index in [-0.39, 0.29) is 11.8 Å². The van der Waals surface area contributed by atoms with Gasteiger partial charge in [0.2, 0.25) is 0 Å². The summed E-state index contributed by atoms with van der Waals surface area (Å²) in [7, 11) is 1.89. The molecule has 0 bridgehead atoms. The molecule has 64 valence electrons. The molecule has 1 aliphatic rings. The van der Waals surface area contributed by atoms with Crippen molar-refractivity contribution < 1.29 is 9.90 Å². The molecule has 0 aliphatic heterocycles. The van der Waals surface area contributed by atoms with Crippen LogP contribution in [0.1, 0.15) is 18.0 Å². The SMILES string of the molecule is Cn1cncc1C1CC1C(=O)O. The predicted molar refractivity (Wildman–Crippen MR) is 41.7 cm³/mol. The van der Waals surface area contributed by atoms with Crippen LogP contribution in [0.4, 0.5) is 0 Å². The number of aryl methyl sites for hydroxylation is 1. The van der Waals surface area contributed by atoms with E-state index in [1.165, 1.54) is 0 Å². The van der Waals surface area contributed by atoms with E-state index < -0.39 is 5.97 Å². The highest BCUT2D eigenvalue weighted by molar-refractivity contribution is 5.75. The number of hydrogen-bond donors (Lipinski definition) is 1. The van der Waals surface area contributed by atoms with Gasteiger partial charge >= 0.3 is 5.97 Å². The average molecular weight is 166 g/mol. The lowest BCUT2D eigenvalue weighted by atomic mass is 10.2. The second-order valence-corrected chi connectivity index (χ2v) is 3.22. The molecule has 1 N–H and O–H groups in total. The molecule has 0 saturated heterocycles. The molecule has 0 spiro atoms. The van der Waals surface area contributed by atoms with Gasteiger partial charge in [-0.1, -0.05) is 0 Å². The fraction of sp³-hybridized carbons (Fsp3) is 0.500. The normalized spacial score (nSPS) is 27.1. The standard InChI is InChI=1S/C8H10N2O2/c1-10-4-9-3-7(10)5-2-6(5)8(11)12/h3-6H,2H2,1H3,(H,11,12). The first kappa shape index (κ1) is 7.34. The van der Waals surface area contributed by atoms with E-state index in [9.17, 15) is 4.79 Å². The molecule has 1 heterocycles. The Labute approximate surface area is 69.8 Å². The Balaban J connectivity index is 2.15. The summed E-state index contributed by atoms with van der Waals surface area (Å²) >= 11 is 0. The molecule has 1 aliphatic carbocycles. The van der Waals surface area contributed by atoms with Gasteiger partial charge in [0.05, 0.1) is 12.2 Å². The van der Waals surface area contributed by atoms with E-state index in [0.29, 0.717) is 0 Å². The van der Waals surface area contributed by atoms with Crippen LogP contribution in [0.3, 0.4) is 0 Å². The number of hydrogen-bond acceptors (Lipinski definition) is 2. The Bertz CT molecular complexity index is 319. The Kier molecular flexibility index (Phi) is 1.43. The highest BCUT2D eigenvalue weighted by atomic mass is 16.4. The molecule has 2 atom stereocenters. The van der Waals surface area contributed by atoms with Crippen LogP contribution in [0.25, 0.3) is 0 Å². The first-order chi connectivity index (χ1) is 5.70. The number of carboxylic acid groups (broad SMARTS) is 1. The average Bonchev–Trinajstić information content (AvgIpc) is 2.70. The lowest BCUT2D eigenvalue weighted by Crippen LogP contribution is -2.01. The highest BCUT2D eigenvalue weighted by Gasteiger charge is 2.45. The van der Waals surface area contributed by atoms with Crippen molar-refractivity contribution in [2.45, 2.75) is 12.3 Å². The molecule has 1 aromatic rings. The molecule has 1 fully saturated rings. The van der Waals surface area contributed by atoms with Crippen LogP contribution >= 0.6 is 0 Å². The van der Waals surface area contributed by atoms with Crippen LogP contribution in [0.15, 0.2) is 12.5 Å². The number of carbonyl (C=O) groups is 1. The maximum atomic E-state index is 10.5. The largest absolute Gasteiger partial charge is 0.481 e. The minimum Gasteiger partial charge on any atom is -0.481 e. The topological polar surface area (TPSA) is 55.1 Å². The molecular formula is C8H10N2O2. The summed E-state index contributed by atoms with van der Waals surface area (Å²) in [4.78, 5) is 14.5. The van der Waals surface area contributed by atoms with E-state index in [4.69, 9.17) is 5.11 Å². The minimum atomic E-state index is -0.693. The molecule has 0 aromatic carbocycles. The van der Waals surface area contributed by atoms with Gasteiger partial charge in [-0.05, 0) is 6.42 Å². The zero-order chi connectivity index (χ0) is 8.72. The van der Waals surface area contributed by atoms with E-state index >= 15 is 0 Å². The highest BCUT2D eigenvalue weighted by Crippen LogP contribution is 2.47. The zero-order valence-electron chi connectivity index (χ0n) is 6.77. The molecule has 12 heavy (non-hydrogen) atoms. The van der Waals surface area contributed by atoms with E-state index in [1.807, 2.05) is 11.6 Å². The van der Waals surface area contributed by atoms with Crippen LogP contribution in [-0.4, -0.2) is 20.6 Å². The summed E-state index contributed by atoms with van der Waals surface area (Å²) in [5, 5.41) is 8.68. The summed E-state index contributed by atoms with van der Waals surface area (Å²) in [5.74, 6) is -0.684. The van der Waals surface area contributed by atoms with Crippen molar-refractivity contribution in [1.29, 1.82) is 0 Å². The lowest BCUT2D eigenvalue weighted by molar-refractivity contribution is -0.138. The third-order valence-electron chi connectivity index (χ3n) is 2.34. The van der Waals surface area contributed by atoms with E-state index in [2.05, 4.69) is 4.98 Å². The molecule has 0 radical (unpaired) electrons. The van der Waals surface area contributed by atoms with Gasteiger partial charge in [0.15, 0.2) is 0 Å². The van der Waals surface area contributed by atoms with Crippen LogP contribution in [0.2, 0.25) is 0 Å². The van der Waals surface area contributed by atoms with Gasteiger partial charge in [0, 0.05) is 24.9 Å². The number of nitrogens with zero attached hydrogens (tertiary/aromatic N) is 2. The summed E-state index contributed by atoms with van der Waals surface area (Å²) in [5.41, 5.74) is 1.03. The summed E-state index contributed by atoms with van der Waals surface area (Å²) in [6.45, 7) is 0. The maximum Gasteiger partial charge on any atom is 0.307 e. The third kappa shape index (κ3) is 0.995. The Morgan fingerprint density at radius 2 is 2.58 bits per heavy atom. The number of carboxylic acids is 1. The summed E-state index contributed by atoms with van der Waals surface area (Å²) in [6.07, 6.45) is 4.20. The van der Waals surface area contributed by atoms with Crippen molar-refractivity contribution in [2.24, 2.45) is 13.0 Å². The minimum absolute atomic E-state index is 0.180. The lowest BCUT2D eigenvalue weighted by Gasteiger charge is -1.97. The van der Waals surface area contributed by atoms with Crippen molar-refractivity contribution in [3.05, 3.63) is 18.2 Å². The van der Waals surface area contributed by atoms with E-state index in [1.54, 1.807) is 12.5 Å². The van der Waals surface area contributed by atoms with Crippen molar-refractivity contribution in [3.63, 3.8) is 0 Å². The Morgan fingerprint density at radius 3 is 3.00 bits per heavy atom. The second kappa shape index (κ2) is 2.33. The van der Waals surface area contributed by atoms with Gasteiger partial charge < -0.3 is 9.67 Å². The Hall–Kier alpha value is -1.32. The molecule has 0 amide bonds. The van der Waals surface area contributed by atoms with Gasteiger partial charge in [-0.2, -0.15) is 0 Å².